The zero-order valence-electron chi connectivity index (χ0n) is 10.3. The molecule has 1 atom stereocenters. The molecule has 1 saturated heterocycles. The predicted molar refractivity (Wildman–Crippen MR) is 76.8 cm³/mol. The van der Waals surface area contributed by atoms with E-state index >= 15 is 0 Å². The third-order valence-electron chi connectivity index (χ3n) is 3.63. The molecule has 2 heterocycles. The number of fused-ring (bicyclic) bond motifs is 1. The lowest BCUT2D eigenvalue weighted by Crippen LogP contribution is -2.14. The Labute approximate surface area is 112 Å². The molecule has 4 heteroatoms. The van der Waals surface area contributed by atoms with Crippen molar-refractivity contribution in [2.24, 2.45) is 0 Å². The molecular weight excluding hydrogens is 248 g/mol. The van der Waals surface area contributed by atoms with Crippen molar-refractivity contribution >= 4 is 23.2 Å². The van der Waals surface area contributed by atoms with E-state index in [0.717, 1.165) is 36.0 Å². The molecule has 96 valence electrons. The van der Waals surface area contributed by atoms with E-state index in [9.17, 15) is 4.79 Å². The second-order valence-corrected chi connectivity index (χ2v) is 4.78. The molecule has 0 spiro atoms. The Hall–Kier alpha value is -1.32. The molecule has 1 aliphatic rings. The number of hydrogen-bond donors (Lipinski definition) is 2. The number of aryl methyl sites for hydroxylation is 1. The van der Waals surface area contributed by atoms with Gasteiger partial charge >= 0.3 is 0 Å². The van der Waals surface area contributed by atoms with Gasteiger partial charge in [0.1, 0.15) is 0 Å². The van der Waals surface area contributed by atoms with Crippen molar-refractivity contribution in [2.45, 2.75) is 19.3 Å². The zero-order chi connectivity index (χ0) is 11.8. The van der Waals surface area contributed by atoms with Crippen LogP contribution in [0.3, 0.4) is 0 Å². The van der Waals surface area contributed by atoms with E-state index in [1.807, 2.05) is 12.1 Å². The van der Waals surface area contributed by atoms with Crippen LogP contribution in [0.25, 0.3) is 10.8 Å². The molecule has 1 aliphatic heterocycles. The summed E-state index contributed by atoms with van der Waals surface area (Å²) in [5.74, 6) is 0.451. The fraction of sp³-hybridized carbons (Fsp3) is 0.357. The topological polar surface area (TPSA) is 44.9 Å². The monoisotopic (exact) mass is 264 g/mol. The van der Waals surface area contributed by atoms with E-state index in [0.29, 0.717) is 5.92 Å². The van der Waals surface area contributed by atoms with Crippen LogP contribution in [0.15, 0.2) is 29.1 Å². The molecule has 1 aromatic heterocycles. The number of benzene rings is 1. The van der Waals surface area contributed by atoms with Gasteiger partial charge in [-0.25, -0.2) is 0 Å². The van der Waals surface area contributed by atoms with E-state index in [1.165, 1.54) is 5.56 Å². The maximum atomic E-state index is 12.0. The molecule has 0 radical (unpaired) electrons. The van der Waals surface area contributed by atoms with E-state index in [2.05, 4.69) is 29.4 Å². The van der Waals surface area contributed by atoms with Crippen LogP contribution in [0.4, 0.5) is 0 Å². The quantitative estimate of drug-likeness (QED) is 0.830. The molecule has 3 rings (SSSR count). The molecule has 1 unspecified atom stereocenters. The lowest BCUT2D eigenvalue weighted by atomic mass is 10.00. The third kappa shape index (κ3) is 2.16. The fourth-order valence-electron chi connectivity index (χ4n) is 2.60. The van der Waals surface area contributed by atoms with Crippen molar-refractivity contribution in [2.75, 3.05) is 13.1 Å². The number of aromatic amines is 1. The number of aromatic nitrogens is 1. The van der Waals surface area contributed by atoms with Crippen molar-refractivity contribution in [1.29, 1.82) is 0 Å². The number of H-pyrrole nitrogens is 1. The van der Waals surface area contributed by atoms with Gasteiger partial charge in [-0.3, -0.25) is 4.79 Å². The van der Waals surface area contributed by atoms with Crippen LogP contribution < -0.4 is 10.9 Å². The smallest absolute Gasteiger partial charge is 0.256 e. The first-order chi connectivity index (χ1) is 8.25. The van der Waals surface area contributed by atoms with Gasteiger partial charge in [-0.05, 0) is 43.0 Å². The highest BCUT2D eigenvalue weighted by atomic mass is 35.5. The van der Waals surface area contributed by atoms with Crippen molar-refractivity contribution in [3.8, 4) is 0 Å². The van der Waals surface area contributed by atoms with Crippen molar-refractivity contribution in [1.82, 2.24) is 10.3 Å². The minimum absolute atomic E-state index is 0. The average Bonchev–Trinajstić information content (AvgIpc) is 2.84. The Morgan fingerprint density at radius 2 is 2.11 bits per heavy atom. The summed E-state index contributed by atoms with van der Waals surface area (Å²) in [7, 11) is 0. The number of rotatable bonds is 1. The molecule has 0 amide bonds. The molecule has 3 nitrogen and oxygen atoms in total. The zero-order valence-corrected chi connectivity index (χ0v) is 11.1. The van der Waals surface area contributed by atoms with Crippen LogP contribution in [-0.2, 0) is 0 Å². The molecule has 2 aromatic rings. The van der Waals surface area contributed by atoms with Gasteiger partial charge in [0.2, 0.25) is 0 Å². The van der Waals surface area contributed by atoms with E-state index in [-0.39, 0.29) is 18.0 Å². The molecule has 1 aromatic carbocycles. The third-order valence-corrected chi connectivity index (χ3v) is 3.63. The van der Waals surface area contributed by atoms with Gasteiger partial charge in [-0.15, -0.1) is 12.4 Å². The average molecular weight is 265 g/mol. The number of hydrogen-bond acceptors (Lipinski definition) is 2. The Balaban J connectivity index is 0.00000120. The summed E-state index contributed by atoms with van der Waals surface area (Å²) < 4.78 is 0. The largest absolute Gasteiger partial charge is 0.325 e. The molecule has 0 aliphatic carbocycles. The summed E-state index contributed by atoms with van der Waals surface area (Å²) in [5.41, 5.74) is 2.27. The number of nitrogens with one attached hydrogen (secondary N) is 2. The van der Waals surface area contributed by atoms with Gasteiger partial charge in [0.15, 0.2) is 0 Å². The van der Waals surface area contributed by atoms with E-state index in [1.54, 1.807) is 0 Å². The first-order valence-corrected chi connectivity index (χ1v) is 6.09. The van der Waals surface area contributed by atoms with Gasteiger partial charge < -0.3 is 10.3 Å². The van der Waals surface area contributed by atoms with Crippen LogP contribution in [0.1, 0.15) is 23.6 Å². The fourth-order valence-corrected chi connectivity index (χ4v) is 2.60. The van der Waals surface area contributed by atoms with Crippen LogP contribution in [0.5, 0.6) is 0 Å². The van der Waals surface area contributed by atoms with E-state index < -0.39 is 0 Å². The lowest BCUT2D eigenvalue weighted by Gasteiger charge is -2.10. The lowest BCUT2D eigenvalue weighted by molar-refractivity contribution is 0.733. The molecule has 1 fully saturated rings. The molecule has 18 heavy (non-hydrogen) atoms. The summed E-state index contributed by atoms with van der Waals surface area (Å²) >= 11 is 0. The van der Waals surface area contributed by atoms with Crippen molar-refractivity contribution in [3.05, 3.63) is 45.9 Å². The highest BCUT2D eigenvalue weighted by Gasteiger charge is 2.18. The summed E-state index contributed by atoms with van der Waals surface area (Å²) in [4.78, 5) is 15.1. The van der Waals surface area contributed by atoms with Gasteiger partial charge in [-0.1, -0.05) is 12.1 Å². The summed E-state index contributed by atoms with van der Waals surface area (Å²) in [5, 5.41) is 5.20. The Morgan fingerprint density at radius 1 is 1.28 bits per heavy atom. The Morgan fingerprint density at radius 3 is 2.83 bits per heavy atom. The summed E-state index contributed by atoms with van der Waals surface area (Å²) in [6.45, 7) is 4.06. The SMILES string of the molecule is Cc1cccc2c(=O)[nH]c(C3CCNC3)cc12.Cl. The van der Waals surface area contributed by atoms with Crippen molar-refractivity contribution < 1.29 is 0 Å². The summed E-state index contributed by atoms with van der Waals surface area (Å²) in [6.07, 6.45) is 1.10. The van der Waals surface area contributed by atoms with Gasteiger partial charge in [0.25, 0.3) is 5.56 Å². The molecule has 0 saturated carbocycles. The maximum absolute atomic E-state index is 12.0. The van der Waals surface area contributed by atoms with Crippen LogP contribution >= 0.6 is 12.4 Å². The minimum Gasteiger partial charge on any atom is -0.325 e. The van der Waals surface area contributed by atoms with E-state index in [4.69, 9.17) is 0 Å². The first-order valence-electron chi connectivity index (χ1n) is 6.09. The first kappa shape index (κ1) is 13.1. The summed E-state index contributed by atoms with van der Waals surface area (Å²) in [6, 6.07) is 8.02. The maximum Gasteiger partial charge on any atom is 0.256 e. The number of halogens is 1. The van der Waals surface area contributed by atoms with Crippen LogP contribution in [-0.4, -0.2) is 18.1 Å². The highest BCUT2D eigenvalue weighted by Crippen LogP contribution is 2.23. The standard InChI is InChI=1S/C14H16N2O.ClH/c1-9-3-2-4-11-12(9)7-13(16-14(11)17)10-5-6-15-8-10;/h2-4,7,10,15H,5-6,8H2,1H3,(H,16,17);1H. The van der Waals surface area contributed by atoms with Crippen LogP contribution in [0.2, 0.25) is 0 Å². The molecular formula is C14H17ClN2O. The second-order valence-electron chi connectivity index (χ2n) is 4.78. The molecule has 2 N–H and O–H groups in total. The van der Waals surface area contributed by atoms with Gasteiger partial charge in [0, 0.05) is 23.5 Å². The van der Waals surface area contributed by atoms with Gasteiger partial charge in [-0.2, -0.15) is 0 Å². The molecule has 0 bridgehead atoms. The predicted octanol–water partition coefficient (Wildman–Crippen LogP) is 2.34. The number of pyridine rings is 1. The Bertz CT molecular complexity index is 615. The van der Waals surface area contributed by atoms with Gasteiger partial charge in [0.05, 0.1) is 0 Å². The highest BCUT2D eigenvalue weighted by molar-refractivity contribution is 5.85. The van der Waals surface area contributed by atoms with Crippen LogP contribution in [0, 0.1) is 6.92 Å². The van der Waals surface area contributed by atoms with Crippen molar-refractivity contribution in [3.63, 3.8) is 0 Å². The second kappa shape index (κ2) is 5.12. The normalized spacial score (nSPS) is 18.8. The minimum atomic E-state index is 0. The Kier molecular flexibility index (Phi) is 3.73.